The Morgan fingerprint density at radius 1 is 1.50 bits per heavy atom. The molecule has 0 saturated carbocycles. The van der Waals surface area contributed by atoms with Crippen LogP contribution < -0.4 is 0 Å². The predicted molar refractivity (Wildman–Crippen MR) is 77.4 cm³/mol. The van der Waals surface area contributed by atoms with E-state index < -0.39 is 0 Å². The molecule has 1 aromatic carbocycles. The highest BCUT2D eigenvalue weighted by Gasteiger charge is 2.27. The van der Waals surface area contributed by atoms with Crippen LogP contribution in [0.4, 0.5) is 0 Å². The fraction of sp³-hybridized carbons (Fsp3) is 0.562. The second-order valence-corrected chi connectivity index (χ2v) is 5.80. The van der Waals surface area contributed by atoms with Gasteiger partial charge in [-0.25, -0.2) is 0 Å². The van der Waals surface area contributed by atoms with Gasteiger partial charge in [-0.2, -0.15) is 5.26 Å². The second kappa shape index (κ2) is 6.36. The number of hydrogen-bond donors (Lipinski definition) is 0. The number of nitrogens with zero attached hydrogens (tertiary/aromatic N) is 2. The molecule has 1 saturated heterocycles. The Morgan fingerprint density at radius 2 is 2.30 bits per heavy atom. The van der Waals surface area contributed by atoms with Crippen molar-refractivity contribution >= 4 is 0 Å². The summed E-state index contributed by atoms with van der Waals surface area (Å²) in [6.07, 6.45) is 0.0321. The lowest BCUT2D eigenvalue weighted by Crippen LogP contribution is -2.46. The van der Waals surface area contributed by atoms with Crippen LogP contribution in [0.3, 0.4) is 0 Å². The number of ether oxygens (including phenoxy) is 2. The number of methoxy groups -OCH3 is 1. The summed E-state index contributed by atoms with van der Waals surface area (Å²) in [5.74, 6) is 0. The summed E-state index contributed by atoms with van der Waals surface area (Å²) in [5, 5.41) is 8.98. The second-order valence-electron chi connectivity index (χ2n) is 5.80. The Bertz CT molecular complexity index is 493. The van der Waals surface area contributed by atoms with Crippen molar-refractivity contribution in [1.29, 1.82) is 5.26 Å². The van der Waals surface area contributed by atoms with Crippen LogP contribution >= 0.6 is 0 Å². The van der Waals surface area contributed by atoms with E-state index in [9.17, 15) is 0 Å². The van der Waals surface area contributed by atoms with Gasteiger partial charge in [0.25, 0.3) is 0 Å². The minimum atomic E-state index is -0.156. The summed E-state index contributed by atoms with van der Waals surface area (Å²) in [5.41, 5.74) is 1.60. The van der Waals surface area contributed by atoms with Gasteiger partial charge in [-0.15, -0.1) is 0 Å². The summed E-state index contributed by atoms with van der Waals surface area (Å²) in [6.45, 7) is 7.52. The highest BCUT2D eigenvalue weighted by atomic mass is 16.5. The van der Waals surface area contributed by atoms with Gasteiger partial charge in [0.2, 0.25) is 0 Å². The zero-order valence-electron chi connectivity index (χ0n) is 12.4. The third-order valence-corrected chi connectivity index (χ3v) is 3.70. The quantitative estimate of drug-likeness (QED) is 0.845. The van der Waals surface area contributed by atoms with Gasteiger partial charge in [0.15, 0.2) is 0 Å². The van der Waals surface area contributed by atoms with E-state index >= 15 is 0 Å². The molecule has 20 heavy (non-hydrogen) atoms. The normalized spacial score (nSPS) is 20.6. The van der Waals surface area contributed by atoms with Crippen molar-refractivity contribution in [1.82, 2.24) is 4.90 Å². The highest BCUT2D eigenvalue weighted by Crippen LogP contribution is 2.24. The molecule has 1 atom stereocenters. The Hall–Kier alpha value is -1.41. The van der Waals surface area contributed by atoms with Crippen molar-refractivity contribution in [2.24, 2.45) is 0 Å². The van der Waals surface area contributed by atoms with Crippen molar-refractivity contribution in [3.63, 3.8) is 0 Å². The lowest BCUT2D eigenvalue weighted by Gasteiger charge is -2.37. The van der Waals surface area contributed by atoms with Gasteiger partial charge in [-0.3, -0.25) is 4.90 Å². The van der Waals surface area contributed by atoms with E-state index in [4.69, 9.17) is 14.7 Å². The van der Waals surface area contributed by atoms with Crippen LogP contribution in [0.25, 0.3) is 0 Å². The third-order valence-electron chi connectivity index (χ3n) is 3.70. The van der Waals surface area contributed by atoms with E-state index in [1.165, 1.54) is 0 Å². The summed E-state index contributed by atoms with van der Waals surface area (Å²) in [7, 11) is 1.74. The average Bonchev–Trinajstić information content (AvgIpc) is 2.47. The van der Waals surface area contributed by atoms with E-state index in [1.54, 1.807) is 7.11 Å². The first-order chi connectivity index (χ1) is 9.54. The van der Waals surface area contributed by atoms with Gasteiger partial charge in [0.1, 0.15) is 0 Å². The van der Waals surface area contributed by atoms with E-state index in [0.29, 0.717) is 12.2 Å². The summed E-state index contributed by atoms with van der Waals surface area (Å²) < 4.78 is 11.3. The minimum absolute atomic E-state index is 0.0321. The molecule has 0 aromatic heterocycles. The number of benzene rings is 1. The molecule has 0 N–H and O–H groups in total. The summed E-state index contributed by atoms with van der Waals surface area (Å²) in [6, 6.07) is 9.84. The molecule has 1 aromatic rings. The molecule has 0 amide bonds. The molecule has 1 unspecified atom stereocenters. The van der Waals surface area contributed by atoms with Gasteiger partial charge in [0, 0.05) is 26.7 Å². The van der Waals surface area contributed by atoms with E-state index in [1.807, 2.05) is 24.3 Å². The Kier molecular flexibility index (Phi) is 4.77. The van der Waals surface area contributed by atoms with Crippen LogP contribution in [0.1, 0.15) is 31.1 Å². The maximum absolute atomic E-state index is 8.98. The smallest absolute Gasteiger partial charge is 0.0991 e. The Balaban J connectivity index is 2.05. The molecule has 4 nitrogen and oxygen atoms in total. The first kappa shape index (κ1) is 15.0. The molecule has 0 radical (unpaired) electrons. The molecule has 0 aliphatic carbocycles. The molecule has 0 bridgehead atoms. The lowest BCUT2D eigenvalue weighted by atomic mass is 10.0. The molecule has 108 valence electrons. The summed E-state index contributed by atoms with van der Waals surface area (Å²) in [4.78, 5) is 2.36. The van der Waals surface area contributed by atoms with E-state index in [-0.39, 0.29) is 11.7 Å². The Labute approximate surface area is 120 Å². The van der Waals surface area contributed by atoms with Gasteiger partial charge < -0.3 is 9.47 Å². The third kappa shape index (κ3) is 3.80. The van der Waals surface area contributed by atoms with Crippen LogP contribution in [0, 0.1) is 11.3 Å². The molecule has 1 heterocycles. The van der Waals surface area contributed by atoms with Crippen molar-refractivity contribution in [3.8, 4) is 6.07 Å². The van der Waals surface area contributed by atoms with Crippen molar-refractivity contribution in [2.75, 3.05) is 33.4 Å². The topological polar surface area (TPSA) is 45.5 Å². The van der Waals surface area contributed by atoms with Crippen LogP contribution in [0.15, 0.2) is 24.3 Å². The number of morpholine rings is 1. The van der Waals surface area contributed by atoms with Crippen molar-refractivity contribution in [2.45, 2.75) is 25.6 Å². The van der Waals surface area contributed by atoms with Crippen LogP contribution in [0.5, 0.6) is 0 Å². The van der Waals surface area contributed by atoms with Gasteiger partial charge in [0.05, 0.1) is 29.9 Å². The molecular formula is C16H22N2O2. The zero-order chi connectivity index (χ0) is 14.6. The van der Waals surface area contributed by atoms with Gasteiger partial charge >= 0.3 is 0 Å². The molecular weight excluding hydrogens is 252 g/mol. The number of hydrogen-bond acceptors (Lipinski definition) is 4. The maximum atomic E-state index is 8.98. The Morgan fingerprint density at radius 3 is 3.00 bits per heavy atom. The fourth-order valence-corrected chi connectivity index (χ4v) is 2.46. The van der Waals surface area contributed by atoms with E-state index in [2.05, 4.69) is 24.8 Å². The maximum Gasteiger partial charge on any atom is 0.0991 e. The summed E-state index contributed by atoms with van der Waals surface area (Å²) >= 11 is 0. The predicted octanol–water partition coefficient (Wildman–Crippen LogP) is 2.36. The SMILES string of the molecule is COC(C)(C)CN1CCOC(c2cccc(C#N)c2)C1. The first-order valence-electron chi connectivity index (χ1n) is 6.93. The monoisotopic (exact) mass is 274 g/mol. The highest BCUT2D eigenvalue weighted by molar-refractivity contribution is 5.34. The van der Waals surface area contributed by atoms with Gasteiger partial charge in [-0.1, -0.05) is 12.1 Å². The van der Waals surface area contributed by atoms with Crippen LogP contribution in [-0.2, 0) is 9.47 Å². The minimum Gasteiger partial charge on any atom is -0.377 e. The lowest BCUT2D eigenvalue weighted by molar-refractivity contribution is -0.0673. The number of nitriles is 1. The van der Waals surface area contributed by atoms with Crippen molar-refractivity contribution in [3.05, 3.63) is 35.4 Å². The molecule has 2 rings (SSSR count). The average molecular weight is 274 g/mol. The zero-order valence-corrected chi connectivity index (χ0v) is 12.4. The van der Waals surface area contributed by atoms with Crippen LogP contribution in [0.2, 0.25) is 0 Å². The molecule has 1 aliphatic heterocycles. The van der Waals surface area contributed by atoms with E-state index in [0.717, 1.165) is 25.2 Å². The van der Waals surface area contributed by atoms with Crippen LogP contribution in [-0.4, -0.2) is 43.9 Å². The fourth-order valence-electron chi connectivity index (χ4n) is 2.46. The van der Waals surface area contributed by atoms with Crippen molar-refractivity contribution < 1.29 is 9.47 Å². The first-order valence-corrected chi connectivity index (χ1v) is 6.93. The molecule has 0 spiro atoms. The largest absolute Gasteiger partial charge is 0.377 e. The van der Waals surface area contributed by atoms with Gasteiger partial charge in [-0.05, 0) is 31.5 Å². The molecule has 1 aliphatic rings. The number of rotatable bonds is 4. The molecule has 4 heteroatoms. The standard InChI is InChI=1S/C16H22N2O2/c1-16(2,19-3)12-18-7-8-20-15(11-18)14-6-4-5-13(9-14)10-17/h4-6,9,15H,7-8,11-12H2,1-3H3. The molecule has 1 fully saturated rings.